The van der Waals surface area contributed by atoms with Crippen molar-refractivity contribution in [2.24, 2.45) is 23.1 Å². The van der Waals surface area contributed by atoms with Gasteiger partial charge in [0.15, 0.2) is 11.8 Å². The van der Waals surface area contributed by atoms with Crippen LogP contribution in [0, 0.1) is 12.8 Å². The molecule has 4 bridgehead atoms. The van der Waals surface area contributed by atoms with E-state index in [0.29, 0.717) is 57.4 Å². The van der Waals surface area contributed by atoms with Crippen molar-refractivity contribution in [1.82, 2.24) is 68.4 Å². The van der Waals surface area contributed by atoms with Crippen molar-refractivity contribution in [3.63, 3.8) is 0 Å². The lowest BCUT2D eigenvalue weighted by Crippen LogP contribution is -2.64. The smallest absolute Gasteiger partial charge is 0.409 e. The Balaban J connectivity index is 0.840. The molecule has 4 aliphatic heterocycles. The Morgan fingerprint density at radius 1 is 0.746 bits per heavy atom. The van der Waals surface area contributed by atoms with Crippen LogP contribution in [0.15, 0.2) is 133 Å². The number of carbonyl (C=O) groups excluding carboxylic acids is 15. The van der Waals surface area contributed by atoms with E-state index in [0.717, 1.165) is 68.2 Å². The van der Waals surface area contributed by atoms with Gasteiger partial charge in [0.1, 0.15) is 95.8 Å². The summed E-state index contributed by atoms with van der Waals surface area (Å²) in [6, 6.07) is 6.94. The number of likely N-dealkylation sites (N-methyl/N-ethyl adjacent to an activating group) is 1. The number of aromatic amines is 1. The summed E-state index contributed by atoms with van der Waals surface area (Å²) in [4.78, 5) is 221. The van der Waals surface area contributed by atoms with Crippen LogP contribution < -0.4 is 85.3 Å². The Kier molecular flexibility index (Phi) is 42.5. The number of para-hydroxylation sites is 1. The number of amides is 14. The number of alkyl carbamates (subject to hydrolysis) is 1. The molecule has 41 nitrogen and oxygen atoms in total. The van der Waals surface area contributed by atoms with Gasteiger partial charge in [-0.05, 0) is 152 Å². The lowest BCUT2D eigenvalue weighted by atomic mass is 9.82. The zero-order chi connectivity index (χ0) is 104. The lowest BCUT2D eigenvalue weighted by Gasteiger charge is -2.44. The van der Waals surface area contributed by atoms with Crippen molar-refractivity contribution in [3.8, 4) is 11.5 Å². The zero-order valence-corrected chi connectivity index (χ0v) is 85.2. The molecule has 5 heterocycles. The average Bonchev–Trinajstić information content (AvgIpc) is 1.56. The maximum Gasteiger partial charge on any atom is 0.409 e. The van der Waals surface area contributed by atoms with Crippen LogP contribution in [0.25, 0.3) is 10.9 Å². The van der Waals surface area contributed by atoms with Crippen molar-refractivity contribution in [2.45, 2.75) is 247 Å². The van der Waals surface area contributed by atoms with E-state index in [1.54, 1.807) is 80.8 Å². The van der Waals surface area contributed by atoms with Crippen molar-refractivity contribution in [1.29, 1.82) is 0 Å². The third-order valence-electron chi connectivity index (χ3n) is 25.2. The van der Waals surface area contributed by atoms with Gasteiger partial charge in [0.25, 0.3) is 0 Å². The standard InChI is InChI=1S/C97H133N17O24S4/c1-50-24-23-30-76(134-14)97(135-15)45-75(136-95(132)112-97)53(4)82-96(10,138-82)81(51(2)39-78(119)114(12)73-42-61(38-50)43-74(133-13)52(73)3)137-94(131)56(7)113(11)77(118)35-37-139-140-47-70(83(100)120)107-85(122)55(6)102-84(121)54(5)103-92(129)79(57(8)115)111-91(128)72-49-142-141-48-71(108-86(123)65(99)40-59-25-17-16-18-26-59)90(127)105-68(41-60-31-33-63(117)34-32-60)88(125)106-69(44-62-46-101-66-28-20-19-27-64(62)66)89(126)104-67(29-21-22-36-98)87(124)110-80(58(9)116)93(130)109-72/h16-20,23-28,30-34,42-43,46,53-58,65,67-72,75-76,79-82,101,115-117H,2,21-22,29,35-41,44-45,47-49,98-99H2,1,3-15H3,(H2,100,120)(H,102,121)(H,103,129)(H,104,126)(H,105,127)(H,106,125)(H,107,122)(H,108,123)(H,109,130)(H,110,124)(H,111,128)(H,112,132)/b30-23+,50-24+/t53-,54+,55+,56+,57-,58-,65-,67+,68+,69-,70+,71+,72+,75+,76-,79+,80+,81+,82+,96+,97+/m1/s1. The van der Waals surface area contributed by atoms with Gasteiger partial charge in [0, 0.05) is 106 Å². The number of nitrogens with zero attached hydrogens (tertiary/aromatic N) is 2. The molecule has 0 spiro atoms. The molecule has 142 heavy (non-hydrogen) atoms. The monoisotopic (exact) mass is 2050 g/mol. The molecule has 21 atom stereocenters. The number of nitrogens with one attached hydrogen (secondary N) is 12. The molecule has 0 aliphatic carbocycles. The first-order valence-electron chi connectivity index (χ1n) is 46.5. The van der Waals surface area contributed by atoms with Gasteiger partial charge in [0.2, 0.25) is 76.8 Å². The molecule has 14 amide bonds. The molecule has 5 aromatic rings. The first kappa shape index (κ1) is 114. The molecular formula is C97H133N17O24S4. The highest BCUT2D eigenvalue weighted by molar-refractivity contribution is 8.77. The van der Waals surface area contributed by atoms with E-state index in [1.165, 1.54) is 83.2 Å². The Morgan fingerprint density at radius 2 is 1.39 bits per heavy atom. The number of fused-ring (bicyclic) bond motifs is 6. The number of aliphatic hydroxyl groups excluding tert-OH is 2. The molecule has 0 saturated carbocycles. The van der Waals surface area contributed by atoms with Gasteiger partial charge in [-0.25, -0.2) is 9.59 Å². The number of esters is 1. The second-order valence-corrected chi connectivity index (χ2v) is 41.2. The van der Waals surface area contributed by atoms with Crippen LogP contribution in [0.3, 0.4) is 0 Å². The number of nitrogens with two attached hydrogens (primary N) is 3. The first-order valence-corrected chi connectivity index (χ1v) is 51.5. The van der Waals surface area contributed by atoms with E-state index in [1.807, 2.05) is 45.1 Å². The highest BCUT2D eigenvalue weighted by atomic mass is 33.1. The number of aromatic nitrogens is 1. The summed E-state index contributed by atoms with van der Waals surface area (Å²) in [5.74, 6) is -13.8. The lowest BCUT2D eigenvalue weighted by molar-refractivity contribution is -0.161. The van der Waals surface area contributed by atoms with Crippen LogP contribution in [-0.2, 0) is 116 Å². The minimum Gasteiger partial charge on any atom is -0.508 e. The summed E-state index contributed by atoms with van der Waals surface area (Å²) >= 11 is 0. The summed E-state index contributed by atoms with van der Waals surface area (Å²) in [6.07, 6.45) is -0.792. The number of benzene rings is 4. The predicted molar refractivity (Wildman–Crippen MR) is 537 cm³/mol. The maximum atomic E-state index is 15.1. The number of ether oxygens (including phenoxy) is 6. The Labute approximate surface area is 840 Å². The summed E-state index contributed by atoms with van der Waals surface area (Å²) in [7, 11) is 11.4. The Hall–Kier alpha value is -11.8. The van der Waals surface area contributed by atoms with Crippen LogP contribution in [-0.4, -0.2) is 299 Å². The third kappa shape index (κ3) is 31.1. The summed E-state index contributed by atoms with van der Waals surface area (Å²) in [6.45, 7) is 18.0. The molecule has 3 saturated heterocycles. The molecule has 1 aromatic heterocycles. The number of hydrogen-bond acceptors (Lipinski definition) is 30. The number of allylic oxidation sites excluding steroid dienone is 3. The fourth-order valence-electron chi connectivity index (χ4n) is 16.5. The number of hydrogen-bond donors (Lipinski definition) is 18. The molecule has 4 aliphatic rings. The van der Waals surface area contributed by atoms with E-state index in [2.05, 4.69) is 70.0 Å². The van der Waals surface area contributed by atoms with Gasteiger partial charge in [-0.1, -0.05) is 141 Å². The fourth-order valence-corrected chi connectivity index (χ4v) is 21.0. The molecule has 21 N–H and O–H groups in total. The van der Waals surface area contributed by atoms with Gasteiger partial charge in [-0.15, -0.1) is 0 Å². The number of aliphatic hydroxyl groups is 2. The van der Waals surface area contributed by atoms with E-state index in [9.17, 15) is 72.9 Å². The van der Waals surface area contributed by atoms with E-state index in [-0.39, 0.29) is 86.5 Å². The minimum atomic E-state index is -1.93. The highest BCUT2D eigenvalue weighted by Gasteiger charge is 2.65. The van der Waals surface area contributed by atoms with Gasteiger partial charge in [0.05, 0.1) is 43.6 Å². The molecule has 45 heteroatoms. The van der Waals surface area contributed by atoms with Crippen LogP contribution in [0.1, 0.15) is 122 Å². The molecule has 0 unspecified atom stereocenters. The molecule has 3 fully saturated rings. The number of epoxide rings is 1. The zero-order valence-electron chi connectivity index (χ0n) is 81.9. The second kappa shape index (κ2) is 53.0. The average molecular weight is 2050 g/mol. The van der Waals surface area contributed by atoms with Crippen LogP contribution >= 0.6 is 43.2 Å². The van der Waals surface area contributed by atoms with Gasteiger partial charge < -0.3 is 129 Å². The second-order valence-electron chi connectivity index (χ2n) is 36.0. The number of carbonyl (C=O) groups is 15. The van der Waals surface area contributed by atoms with Crippen molar-refractivity contribution < 1.29 is 116 Å². The normalized spacial score (nSPS) is 25.3. The van der Waals surface area contributed by atoms with Crippen LogP contribution in [0.2, 0.25) is 0 Å². The SMILES string of the molecule is C=C1CC(=O)N(C)c2cc(cc(OC)c2C)C/C(C)=C/C=C/[C@@H](OC)[C@@]2(OC)C[C@H](OC(=O)N2)[C@@H](C)[C@@H]2O[C@@]2(C)[C@H]1OC(=O)[C@H](C)N(C)C(=O)CCSSC[C@H](NC(=O)[C@H](C)NC(=O)[C@H](C)NC(=O)[C@@H](NC(=O)[C@@H]1CSSC[C@H](NC(=O)[C@H](N)Cc2ccccc2)C(=O)N[C@@H](Cc2ccc(O)cc2)C(=O)N[C@H](Cc2c[nH]c3ccccc23)C(=O)N[C@@H](CCCCN)C(=O)N[C@@H]([C@@H](C)O)C(=O)N1)[C@@H](C)O)C(N)=O. The van der Waals surface area contributed by atoms with Crippen molar-refractivity contribution >= 4 is 149 Å². The van der Waals surface area contributed by atoms with E-state index < -0.39 is 221 Å². The van der Waals surface area contributed by atoms with Crippen molar-refractivity contribution in [2.75, 3.05) is 69.9 Å². The number of rotatable bonds is 35. The topological polar surface area (TPSA) is 608 Å². The minimum absolute atomic E-state index is 0.0209. The third-order valence-corrected chi connectivity index (χ3v) is 30.0. The quantitative estimate of drug-likeness (QED) is 0.00907. The summed E-state index contributed by atoms with van der Waals surface area (Å²) in [5, 5.41) is 62.0. The number of aromatic hydroxyl groups is 1. The number of phenols is 1. The Bertz CT molecular complexity index is 5410. The van der Waals surface area contributed by atoms with Crippen LogP contribution in [0.4, 0.5) is 10.5 Å². The predicted octanol–water partition coefficient (Wildman–Crippen LogP) is 2.05. The number of unbranched alkanes of at least 4 members (excludes halogenated alkanes) is 1. The van der Waals surface area contributed by atoms with E-state index >= 15 is 14.4 Å². The molecule has 0 radical (unpaired) electrons. The molecule has 774 valence electrons. The highest BCUT2D eigenvalue weighted by Crippen LogP contribution is 2.50. The largest absolute Gasteiger partial charge is 0.508 e. The molecule has 4 aromatic carbocycles. The number of anilines is 1. The fraction of sp³-hybridized carbons (Fsp3) is 0.515. The van der Waals surface area contributed by atoms with Gasteiger partial charge >= 0.3 is 12.1 Å². The van der Waals surface area contributed by atoms with E-state index in [4.69, 9.17) is 45.6 Å². The maximum absolute atomic E-state index is 15.1. The molecular weight excluding hydrogens is 1920 g/mol. The van der Waals surface area contributed by atoms with Crippen molar-refractivity contribution in [3.05, 3.63) is 161 Å². The number of methoxy groups -OCH3 is 3. The summed E-state index contributed by atoms with van der Waals surface area (Å²) < 4.78 is 36.5. The summed E-state index contributed by atoms with van der Waals surface area (Å²) in [5.41, 5.74) is 20.9. The molecule has 9 rings (SSSR count). The van der Waals surface area contributed by atoms with Gasteiger partial charge in [-0.3, -0.25) is 67.6 Å². The number of phenolic OH excluding ortho intramolecular Hbond substituents is 1. The van der Waals surface area contributed by atoms with Crippen LogP contribution in [0.5, 0.6) is 11.5 Å². The Morgan fingerprint density at radius 3 is 2.04 bits per heavy atom. The number of H-pyrrole nitrogens is 1. The van der Waals surface area contributed by atoms with Gasteiger partial charge in [-0.2, -0.15) is 0 Å². The first-order chi connectivity index (χ1) is 67.3. The number of primary amides is 1.